The number of hydrogen-bond donors (Lipinski definition) is 1. The third-order valence-electron chi connectivity index (χ3n) is 1.37. The highest BCUT2D eigenvalue weighted by Gasteiger charge is 2.05. The number of nitrogen functional groups attached to an aromatic ring is 1. The molecule has 2 aromatic rings. The topological polar surface area (TPSA) is 82.5 Å². The minimum absolute atomic E-state index is 0.176. The van der Waals surface area contributed by atoms with E-state index in [4.69, 9.17) is 17.3 Å². The lowest BCUT2D eigenvalue weighted by Crippen LogP contribution is -2.00. The molecule has 0 amide bonds. The van der Waals surface area contributed by atoms with Crippen LogP contribution in [0, 0.1) is 0 Å². The van der Waals surface area contributed by atoms with Gasteiger partial charge in [0.25, 0.3) is 0 Å². The molecule has 0 aliphatic carbocycles. The Balaban J connectivity index is 2.52. The molecule has 13 heavy (non-hydrogen) atoms. The Morgan fingerprint density at radius 1 is 1.38 bits per heavy atom. The number of hydrogen-bond acceptors (Lipinski definition) is 5. The maximum Gasteiger partial charge on any atom is 0.239 e. The Hall–Kier alpha value is -1.69. The summed E-state index contributed by atoms with van der Waals surface area (Å²) in [5.41, 5.74) is 5.34. The van der Waals surface area contributed by atoms with Crippen molar-refractivity contribution in [3.63, 3.8) is 0 Å². The maximum atomic E-state index is 5.81. The van der Waals surface area contributed by atoms with E-state index in [1.807, 2.05) is 0 Å². The summed E-state index contributed by atoms with van der Waals surface area (Å²) in [6.07, 6.45) is 4.28. The number of rotatable bonds is 1. The highest BCUT2D eigenvalue weighted by molar-refractivity contribution is 6.31. The van der Waals surface area contributed by atoms with Gasteiger partial charge in [-0.25, -0.2) is 15.0 Å². The fraction of sp³-hybridized carbons (Fsp3) is 0. The maximum absolute atomic E-state index is 5.81. The number of anilines is 1. The summed E-state index contributed by atoms with van der Waals surface area (Å²) in [5, 5.41) is 4.25. The Labute approximate surface area is 78.4 Å². The molecule has 0 radical (unpaired) electrons. The second-order valence-electron chi connectivity index (χ2n) is 2.24. The molecule has 0 saturated carbocycles. The molecule has 0 spiro atoms. The van der Waals surface area contributed by atoms with E-state index in [0.29, 0.717) is 10.8 Å². The van der Waals surface area contributed by atoms with Crippen LogP contribution in [0.25, 0.3) is 5.82 Å². The predicted octanol–water partition coefficient (Wildman–Crippen LogP) is 0.293. The normalized spacial score (nSPS) is 10.2. The largest absolute Gasteiger partial charge is 0.366 e. The van der Waals surface area contributed by atoms with Crippen molar-refractivity contribution in [1.29, 1.82) is 0 Å². The third-order valence-corrected chi connectivity index (χ3v) is 1.64. The lowest BCUT2D eigenvalue weighted by Gasteiger charge is -1.98. The van der Waals surface area contributed by atoms with E-state index >= 15 is 0 Å². The summed E-state index contributed by atoms with van der Waals surface area (Å²) >= 11 is 5.81. The van der Waals surface area contributed by atoms with E-state index in [9.17, 15) is 0 Å². The van der Waals surface area contributed by atoms with E-state index in [1.54, 1.807) is 0 Å². The van der Waals surface area contributed by atoms with Crippen LogP contribution in [0.5, 0.6) is 0 Å². The Morgan fingerprint density at radius 2 is 2.23 bits per heavy atom. The molecule has 0 fully saturated rings. The second-order valence-corrected chi connectivity index (χ2v) is 2.65. The van der Waals surface area contributed by atoms with E-state index in [-0.39, 0.29) is 5.95 Å². The monoisotopic (exact) mass is 196 g/mol. The van der Waals surface area contributed by atoms with E-state index in [1.165, 1.54) is 23.5 Å². The molecule has 0 atom stereocenters. The van der Waals surface area contributed by atoms with Crippen LogP contribution in [0.15, 0.2) is 18.9 Å². The minimum Gasteiger partial charge on any atom is -0.366 e. The molecule has 0 unspecified atom stereocenters. The van der Waals surface area contributed by atoms with Crippen molar-refractivity contribution in [2.24, 2.45) is 0 Å². The van der Waals surface area contributed by atoms with Crippen molar-refractivity contribution in [3.05, 3.63) is 23.9 Å². The standard InChI is InChI=1S/C6H5ClN6/c7-4-1-9-2-10-5(4)13-3-11-6(8)12-13/h1-3H,(H2,8,12). The van der Waals surface area contributed by atoms with Crippen LogP contribution in [-0.4, -0.2) is 24.7 Å². The van der Waals surface area contributed by atoms with Gasteiger partial charge in [-0.15, -0.1) is 5.10 Å². The molecule has 66 valence electrons. The molecule has 2 aromatic heterocycles. The molecule has 0 saturated heterocycles. The van der Waals surface area contributed by atoms with Crippen LogP contribution in [0.1, 0.15) is 0 Å². The van der Waals surface area contributed by atoms with Gasteiger partial charge >= 0.3 is 0 Å². The highest BCUT2D eigenvalue weighted by Crippen LogP contribution is 2.14. The van der Waals surface area contributed by atoms with Crippen LogP contribution in [-0.2, 0) is 0 Å². The molecule has 6 nitrogen and oxygen atoms in total. The van der Waals surface area contributed by atoms with Crippen LogP contribution >= 0.6 is 11.6 Å². The van der Waals surface area contributed by atoms with E-state index in [2.05, 4.69) is 20.1 Å². The van der Waals surface area contributed by atoms with Crippen molar-refractivity contribution in [1.82, 2.24) is 24.7 Å². The molecule has 0 bridgehead atoms. The Morgan fingerprint density at radius 3 is 2.85 bits per heavy atom. The molecule has 2 N–H and O–H groups in total. The number of halogens is 1. The first-order valence-corrected chi connectivity index (χ1v) is 3.78. The molecule has 2 heterocycles. The SMILES string of the molecule is Nc1ncn(-c2ncncc2Cl)n1. The molecular formula is C6H5ClN6. The van der Waals surface area contributed by atoms with Crippen LogP contribution < -0.4 is 5.73 Å². The summed E-state index contributed by atoms with van der Waals surface area (Å²) in [6.45, 7) is 0. The second kappa shape index (κ2) is 2.98. The lowest BCUT2D eigenvalue weighted by atomic mass is 10.6. The fourth-order valence-electron chi connectivity index (χ4n) is 0.853. The van der Waals surface area contributed by atoms with Gasteiger partial charge in [0.2, 0.25) is 5.95 Å². The molecule has 2 rings (SSSR count). The van der Waals surface area contributed by atoms with Crippen molar-refractivity contribution in [2.45, 2.75) is 0 Å². The molecule has 7 heteroatoms. The van der Waals surface area contributed by atoms with Gasteiger partial charge in [0, 0.05) is 0 Å². The van der Waals surface area contributed by atoms with Crippen LogP contribution in [0.4, 0.5) is 5.95 Å². The van der Waals surface area contributed by atoms with Gasteiger partial charge < -0.3 is 5.73 Å². The molecule has 0 aliphatic heterocycles. The average Bonchev–Trinajstić information content (AvgIpc) is 2.53. The Bertz CT molecular complexity index is 425. The zero-order valence-electron chi connectivity index (χ0n) is 6.42. The van der Waals surface area contributed by atoms with Crippen molar-refractivity contribution in [3.8, 4) is 5.82 Å². The third kappa shape index (κ3) is 1.43. The summed E-state index contributed by atoms with van der Waals surface area (Å²) in [4.78, 5) is 11.4. The first-order chi connectivity index (χ1) is 6.27. The predicted molar refractivity (Wildman–Crippen MR) is 46.4 cm³/mol. The lowest BCUT2D eigenvalue weighted by molar-refractivity contribution is 0.841. The van der Waals surface area contributed by atoms with Gasteiger partial charge in [-0.3, -0.25) is 0 Å². The van der Waals surface area contributed by atoms with Crippen LogP contribution in [0.3, 0.4) is 0 Å². The van der Waals surface area contributed by atoms with Crippen molar-refractivity contribution < 1.29 is 0 Å². The quantitative estimate of drug-likeness (QED) is 0.709. The van der Waals surface area contributed by atoms with E-state index in [0.717, 1.165) is 0 Å². The van der Waals surface area contributed by atoms with Gasteiger partial charge in [0.05, 0.1) is 6.20 Å². The zero-order valence-corrected chi connectivity index (χ0v) is 7.18. The van der Waals surface area contributed by atoms with Gasteiger partial charge in [-0.2, -0.15) is 4.68 Å². The van der Waals surface area contributed by atoms with Gasteiger partial charge in [0.15, 0.2) is 5.82 Å². The average molecular weight is 197 g/mol. The van der Waals surface area contributed by atoms with Crippen molar-refractivity contribution >= 4 is 17.5 Å². The highest BCUT2D eigenvalue weighted by atomic mass is 35.5. The summed E-state index contributed by atoms with van der Waals surface area (Å²) in [7, 11) is 0. The fourth-order valence-corrected chi connectivity index (χ4v) is 1.04. The van der Waals surface area contributed by atoms with Gasteiger partial charge in [0.1, 0.15) is 17.7 Å². The number of nitrogens with zero attached hydrogens (tertiary/aromatic N) is 5. The minimum atomic E-state index is 0.176. The number of aromatic nitrogens is 5. The smallest absolute Gasteiger partial charge is 0.239 e. The molecule has 0 aromatic carbocycles. The first kappa shape index (κ1) is 7.93. The van der Waals surface area contributed by atoms with Crippen molar-refractivity contribution in [2.75, 3.05) is 5.73 Å². The molecule has 0 aliphatic rings. The zero-order chi connectivity index (χ0) is 9.26. The number of nitrogens with two attached hydrogens (primary N) is 1. The van der Waals surface area contributed by atoms with Gasteiger partial charge in [-0.1, -0.05) is 11.6 Å². The summed E-state index contributed by atoms with van der Waals surface area (Å²) < 4.78 is 1.39. The van der Waals surface area contributed by atoms with Gasteiger partial charge in [-0.05, 0) is 0 Å². The Kier molecular flexibility index (Phi) is 1.82. The van der Waals surface area contributed by atoms with E-state index < -0.39 is 0 Å². The molecular weight excluding hydrogens is 192 g/mol. The van der Waals surface area contributed by atoms with Crippen LogP contribution in [0.2, 0.25) is 5.02 Å². The first-order valence-electron chi connectivity index (χ1n) is 3.40. The summed E-state index contributed by atoms with van der Waals surface area (Å²) in [5.74, 6) is 0.635. The summed E-state index contributed by atoms with van der Waals surface area (Å²) in [6, 6.07) is 0.